The number of carbonyl (C=O) groups is 1. The fourth-order valence-electron chi connectivity index (χ4n) is 3.61. The molecule has 140 valence electrons. The van der Waals surface area contributed by atoms with Crippen LogP contribution in [0, 0.1) is 6.92 Å². The van der Waals surface area contributed by atoms with Gasteiger partial charge in [0.05, 0.1) is 11.7 Å². The first-order valence-electron chi connectivity index (χ1n) is 8.76. The molecule has 1 aromatic heterocycles. The van der Waals surface area contributed by atoms with Crippen LogP contribution in [0.25, 0.3) is 5.69 Å². The second-order valence-corrected chi connectivity index (χ2v) is 6.72. The van der Waals surface area contributed by atoms with Crippen LogP contribution in [0.1, 0.15) is 45.9 Å². The number of carbonyl (C=O) groups excluding carboxylic acids is 1. The second-order valence-electron chi connectivity index (χ2n) is 6.72. The lowest BCUT2D eigenvalue weighted by molar-refractivity contribution is 0.0932. The molecule has 0 spiro atoms. The van der Waals surface area contributed by atoms with Crippen molar-refractivity contribution >= 4 is 24.0 Å². The Morgan fingerprint density at radius 1 is 1.26 bits per heavy atom. The third kappa shape index (κ3) is 3.80. The molecule has 0 fully saturated rings. The Balaban J connectivity index is 0.00000210. The molecule has 2 aromatic carbocycles. The summed E-state index contributed by atoms with van der Waals surface area (Å²) in [5.41, 5.74) is 11.6. The Morgan fingerprint density at radius 3 is 2.85 bits per heavy atom. The van der Waals surface area contributed by atoms with Crippen molar-refractivity contribution in [3.63, 3.8) is 0 Å². The van der Waals surface area contributed by atoms with Gasteiger partial charge in [0, 0.05) is 11.3 Å². The predicted octanol–water partition coefficient (Wildman–Crippen LogP) is 3.39. The van der Waals surface area contributed by atoms with E-state index in [-0.39, 0.29) is 24.4 Å². The van der Waals surface area contributed by atoms with Gasteiger partial charge < -0.3 is 11.1 Å². The summed E-state index contributed by atoms with van der Waals surface area (Å²) < 4.78 is 1.69. The third-order valence-electron chi connectivity index (χ3n) is 4.91. The van der Waals surface area contributed by atoms with Crippen molar-refractivity contribution < 1.29 is 4.79 Å². The zero-order chi connectivity index (χ0) is 18.1. The summed E-state index contributed by atoms with van der Waals surface area (Å²) in [5, 5.41) is 7.32. The van der Waals surface area contributed by atoms with Crippen LogP contribution in [-0.2, 0) is 6.42 Å². The summed E-state index contributed by atoms with van der Waals surface area (Å²) >= 11 is 0. The summed E-state index contributed by atoms with van der Waals surface area (Å²) in [6.07, 6.45) is 6.14. The first-order valence-corrected chi connectivity index (χ1v) is 8.76. The number of nitrogens with one attached hydrogen (secondary N) is 1. The van der Waals surface area contributed by atoms with Gasteiger partial charge in [0.25, 0.3) is 5.91 Å². The number of benzene rings is 2. The molecule has 0 radical (unpaired) electrons. The van der Waals surface area contributed by atoms with Crippen molar-refractivity contribution in [2.24, 2.45) is 0 Å². The van der Waals surface area contributed by atoms with Crippen LogP contribution >= 0.6 is 12.4 Å². The Kier molecular flexibility index (Phi) is 5.46. The van der Waals surface area contributed by atoms with Crippen molar-refractivity contribution in [3.8, 4) is 5.69 Å². The molecule has 0 aliphatic heterocycles. The Labute approximate surface area is 164 Å². The van der Waals surface area contributed by atoms with Crippen LogP contribution in [-0.4, -0.2) is 20.7 Å². The van der Waals surface area contributed by atoms with Crippen molar-refractivity contribution in [2.75, 3.05) is 5.73 Å². The number of aromatic nitrogens is 3. The molecule has 3 aromatic rings. The average Bonchev–Trinajstić information content (AvgIpc) is 3.16. The zero-order valence-corrected chi connectivity index (χ0v) is 15.9. The molecular formula is C20H22ClN5O. The molecule has 1 aliphatic carbocycles. The fourth-order valence-corrected chi connectivity index (χ4v) is 3.61. The third-order valence-corrected chi connectivity index (χ3v) is 4.91. The number of halogens is 1. The number of nitrogens with two attached hydrogens (primary N) is 1. The molecule has 0 bridgehead atoms. The number of amides is 1. The fraction of sp³-hybridized carbons (Fsp3) is 0.250. The van der Waals surface area contributed by atoms with Gasteiger partial charge in [-0.25, -0.2) is 9.67 Å². The number of nitrogens with zero attached hydrogens (tertiary/aromatic N) is 3. The maximum absolute atomic E-state index is 12.8. The smallest absolute Gasteiger partial charge is 0.251 e. The molecule has 1 atom stereocenters. The second kappa shape index (κ2) is 7.80. The minimum Gasteiger partial charge on any atom is -0.399 e. The number of aryl methyl sites for hydroxylation is 2. The van der Waals surface area contributed by atoms with E-state index in [9.17, 15) is 4.79 Å². The summed E-state index contributed by atoms with van der Waals surface area (Å²) in [7, 11) is 0. The number of anilines is 1. The van der Waals surface area contributed by atoms with Gasteiger partial charge in [-0.1, -0.05) is 6.07 Å². The summed E-state index contributed by atoms with van der Waals surface area (Å²) in [6.45, 7) is 1.96. The van der Waals surface area contributed by atoms with E-state index >= 15 is 0 Å². The number of hydrogen-bond acceptors (Lipinski definition) is 4. The lowest BCUT2D eigenvalue weighted by Crippen LogP contribution is -2.31. The number of hydrogen-bond donors (Lipinski definition) is 2. The van der Waals surface area contributed by atoms with Crippen LogP contribution in [0.3, 0.4) is 0 Å². The molecule has 27 heavy (non-hydrogen) atoms. The van der Waals surface area contributed by atoms with Crippen molar-refractivity contribution in [3.05, 3.63) is 71.3 Å². The molecular weight excluding hydrogens is 362 g/mol. The highest BCUT2D eigenvalue weighted by atomic mass is 35.5. The van der Waals surface area contributed by atoms with Crippen LogP contribution in [0.2, 0.25) is 0 Å². The van der Waals surface area contributed by atoms with E-state index in [0.717, 1.165) is 36.2 Å². The zero-order valence-electron chi connectivity index (χ0n) is 15.1. The van der Waals surface area contributed by atoms with Crippen LogP contribution in [0.5, 0.6) is 0 Å². The van der Waals surface area contributed by atoms with Gasteiger partial charge in [0.1, 0.15) is 12.7 Å². The molecule has 7 heteroatoms. The van der Waals surface area contributed by atoms with E-state index in [1.54, 1.807) is 11.0 Å². The van der Waals surface area contributed by atoms with Gasteiger partial charge in [-0.2, -0.15) is 5.10 Å². The maximum atomic E-state index is 12.8. The minimum atomic E-state index is -0.0621. The number of rotatable bonds is 3. The first-order chi connectivity index (χ1) is 12.6. The summed E-state index contributed by atoms with van der Waals surface area (Å²) in [6, 6.07) is 11.6. The highest BCUT2D eigenvalue weighted by molar-refractivity contribution is 5.95. The summed E-state index contributed by atoms with van der Waals surface area (Å²) in [4.78, 5) is 16.7. The molecule has 6 nitrogen and oxygen atoms in total. The van der Waals surface area contributed by atoms with E-state index in [4.69, 9.17) is 5.73 Å². The first kappa shape index (κ1) is 18.9. The molecule has 1 aliphatic rings. The van der Waals surface area contributed by atoms with Gasteiger partial charge in [-0.3, -0.25) is 4.79 Å². The van der Waals surface area contributed by atoms with E-state index in [1.165, 1.54) is 17.5 Å². The van der Waals surface area contributed by atoms with Gasteiger partial charge >= 0.3 is 0 Å². The Hall–Kier alpha value is -2.86. The van der Waals surface area contributed by atoms with E-state index in [2.05, 4.69) is 15.4 Å². The standard InChI is InChI=1S/C20H21N5O.ClH/c1-13-9-15(5-8-19(13)25-12-22-11-23-25)20(26)24-18-4-2-3-14-10-16(21)6-7-17(14)18;/h5-12,18H,2-4,21H2,1H3,(H,24,26);1H. The van der Waals surface area contributed by atoms with Gasteiger partial charge in [0.2, 0.25) is 0 Å². The van der Waals surface area contributed by atoms with Crippen molar-refractivity contribution in [1.29, 1.82) is 0 Å². The van der Waals surface area contributed by atoms with Crippen LogP contribution < -0.4 is 11.1 Å². The number of fused-ring (bicyclic) bond motifs is 1. The average molecular weight is 384 g/mol. The van der Waals surface area contributed by atoms with Gasteiger partial charge in [-0.15, -0.1) is 12.4 Å². The predicted molar refractivity (Wildman–Crippen MR) is 107 cm³/mol. The van der Waals surface area contributed by atoms with Crippen LogP contribution in [0.4, 0.5) is 5.69 Å². The Bertz CT molecular complexity index is 955. The lowest BCUT2D eigenvalue weighted by atomic mass is 9.87. The van der Waals surface area contributed by atoms with Crippen molar-refractivity contribution in [2.45, 2.75) is 32.2 Å². The molecule has 4 rings (SSSR count). The topological polar surface area (TPSA) is 85.8 Å². The molecule has 0 saturated carbocycles. The largest absolute Gasteiger partial charge is 0.399 e. The Morgan fingerprint density at radius 2 is 2.11 bits per heavy atom. The SMILES string of the molecule is Cc1cc(C(=O)NC2CCCc3cc(N)ccc32)ccc1-n1cncn1.Cl. The molecule has 1 unspecified atom stereocenters. The molecule has 0 saturated heterocycles. The normalized spacial score (nSPS) is 15.5. The van der Waals surface area contributed by atoms with Gasteiger partial charge in [0.15, 0.2) is 0 Å². The molecule has 3 N–H and O–H groups in total. The lowest BCUT2D eigenvalue weighted by Gasteiger charge is -2.26. The monoisotopic (exact) mass is 383 g/mol. The van der Waals surface area contributed by atoms with E-state index in [0.29, 0.717) is 5.56 Å². The van der Waals surface area contributed by atoms with Crippen LogP contribution in [0.15, 0.2) is 49.1 Å². The highest BCUT2D eigenvalue weighted by Gasteiger charge is 2.22. The van der Waals surface area contributed by atoms with E-state index in [1.807, 2.05) is 43.3 Å². The molecule has 1 heterocycles. The van der Waals surface area contributed by atoms with Gasteiger partial charge in [-0.05, 0) is 73.2 Å². The van der Waals surface area contributed by atoms with Crippen molar-refractivity contribution in [1.82, 2.24) is 20.1 Å². The minimum absolute atomic E-state index is 0. The maximum Gasteiger partial charge on any atom is 0.251 e. The number of nitrogen functional groups attached to an aromatic ring is 1. The molecule has 1 amide bonds. The summed E-state index contributed by atoms with van der Waals surface area (Å²) in [5.74, 6) is -0.0621. The highest BCUT2D eigenvalue weighted by Crippen LogP contribution is 2.31. The quantitative estimate of drug-likeness (QED) is 0.679. The van der Waals surface area contributed by atoms with E-state index < -0.39 is 0 Å².